The van der Waals surface area contributed by atoms with Crippen molar-refractivity contribution >= 4 is 22.8 Å². The minimum Gasteiger partial charge on any atom is -0.467 e. The zero-order valence-electron chi connectivity index (χ0n) is 9.50. The Bertz CT molecular complexity index is 665. The highest BCUT2D eigenvalue weighted by atomic mass is 16.3. The molecule has 90 valence electrons. The van der Waals surface area contributed by atoms with E-state index in [0.29, 0.717) is 24.0 Å². The van der Waals surface area contributed by atoms with Crippen LogP contribution in [0.3, 0.4) is 0 Å². The minimum atomic E-state index is 0.412. The van der Waals surface area contributed by atoms with Crippen molar-refractivity contribution in [1.82, 2.24) is 15.0 Å². The highest BCUT2D eigenvalue weighted by Gasteiger charge is 2.05. The summed E-state index contributed by atoms with van der Waals surface area (Å²) in [7, 11) is 0. The summed E-state index contributed by atoms with van der Waals surface area (Å²) in [4.78, 5) is 12.6. The zero-order chi connectivity index (χ0) is 12.4. The Morgan fingerprint density at radius 2 is 2.17 bits per heavy atom. The molecule has 0 saturated heterocycles. The van der Waals surface area contributed by atoms with E-state index in [4.69, 9.17) is 10.2 Å². The minimum absolute atomic E-state index is 0.412. The fourth-order valence-corrected chi connectivity index (χ4v) is 1.64. The summed E-state index contributed by atoms with van der Waals surface area (Å²) in [6.45, 7) is 0.505. The molecule has 0 radical (unpaired) electrons. The first kappa shape index (κ1) is 10.5. The molecule has 0 aliphatic rings. The largest absolute Gasteiger partial charge is 0.467 e. The van der Waals surface area contributed by atoms with Crippen molar-refractivity contribution in [3.05, 3.63) is 42.5 Å². The maximum absolute atomic E-state index is 5.85. The number of nitrogens with one attached hydrogen (secondary N) is 1. The summed E-state index contributed by atoms with van der Waals surface area (Å²) < 4.78 is 5.21. The van der Waals surface area contributed by atoms with Crippen LogP contribution in [-0.4, -0.2) is 15.0 Å². The van der Waals surface area contributed by atoms with Crippen LogP contribution in [0.4, 0.5) is 11.8 Å². The molecule has 3 N–H and O–H groups in total. The van der Waals surface area contributed by atoms with Crippen molar-refractivity contribution in [2.45, 2.75) is 6.54 Å². The van der Waals surface area contributed by atoms with Gasteiger partial charge in [-0.1, -0.05) is 0 Å². The first-order chi connectivity index (χ1) is 8.83. The number of fused-ring (bicyclic) bond motifs is 1. The van der Waals surface area contributed by atoms with Crippen LogP contribution in [0.2, 0.25) is 0 Å². The van der Waals surface area contributed by atoms with Crippen LogP contribution in [0, 0.1) is 0 Å². The molecule has 0 bridgehead atoms. The molecular formula is C12H11N5O. The van der Waals surface area contributed by atoms with Gasteiger partial charge in [0.2, 0.25) is 5.95 Å². The maximum Gasteiger partial charge on any atom is 0.227 e. The molecule has 0 aliphatic carbocycles. The van der Waals surface area contributed by atoms with E-state index in [-0.39, 0.29) is 0 Å². The van der Waals surface area contributed by atoms with Crippen molar-refractivity contribution in [3.63, 3.8) is 0 Å². The van der Waals surface area contributed by atoms with E-state index >= 15 is 0 Å². The molecule has 0 amide bonds. The molecule has 0 unspecified atom stereocenters. The van der Waals surface area contributed by atoms with Crippen molar-refractivity contribution in [3.8, 4) is 0 Å². The Morgan fingerprint density at radius 3 is 3.00 bits per heavy atom. The van der Waals surface area contributed by atoms with Crippen molar-refractivity contribution in [2.24, 2.45) is 0 Å². The summed E-state index contributed by atoms with van der Waals surface area (Å²) >= 11 is 0. The van der Waals surface area contributed by atoms with Gasteiger partial charge in [-0.15, -0.1) is 0 Å². The Balaban J connectivity index is 1.88. The van der Waals surface area contributed by atoms with Gasteiger partial charge in [0.05, 0.1) is 18.2 Å². The van der Waals surface area contributed by atoms with Crippen LogP contribution in [0.15, 0.2) is 41.1 Å². The van der Waals surface area contributed by atoms with Gasteiger partial charge in [0.15, 0.2) is 5.65 Å². The SMILES string of the molecule is Nc1nc(NCc2ccco2)nc2ncccc12. The molecule has 0 spiro atoms. The topological polar surface area (TPSA) is 89.9 Å². The molecule has 6 heteroatoms. The van der Waals surface area contributed by atoms with Crippen molar-refractivity contribution in [1.29, 1.82) is 0 Å². The summed E-state index contributed by atoms with van der Waals surface area (Å²) in [6, 6.07) is 7.34. The summed E-state index contributed by atoms with van der Waals surface area (Å²) in [5.74, 6) is 1.66. The molecule has 3 heterocycles. The fraction of sp³-hybridized carbons (Fsp3) is 0.0833. The second kappa shape index (κ2) is 4.33. The van der Waals surface area contributed by atoms with Gasteiger partial charge >= 0.3 is 0 Å². The number of hydrogen-bond donors (Lipinski definition) is 2. The van der Waals surface area contributed by atoms with Gasteiger partial charge < -0.3 is 15.5 Å². The summed E-state index contributed by atoms with van der Waals surface area (Å²) in [5.41, 5.74) is 6.43. The van der Waals surface area contributed by atoms with E-state index in [1.54, 1.807) is 18.5 Å². The highest BCUT2D eigenvalue weighted by Crippen LogP contribution is 2.17. The Hall–Kier alpha value is -2.63. The lowest BCUT2D eigenvalue weighted by atomic mass is 10.3. The Labute approximate surface area is 103 Å². The Morgan fingerprint density at radius 1 is 1.22 bits per heavy atom. The number of nitrogens with zero attached hydrogens (tertiary/aromatic N) is 3. The van der Waals surface area contributed by atoms with E-state index in [2.05, 4.69) is 20.3 Å². The van der Waals surface area contributed by atoms with Crippen LogP contribution in [0.5, 0.6) is 0 Å². The molecule has 0 aliphatic heterocycles. The molecular weight excluding hydrogens is 230 g/mol. The van der Waals surface area contributed by atoms with Crippen LogP contribution in [0.1, 0.15) is 5.76 Å². The van der Waals surface area contributed by atoms with Crippen LogP contribution in [-0.2, 0) is 6.54 Å². The number of rotatable bonds is 3. The average molecular weight is 241 g/mol. The third kappa shape index (κ3) is 1.95. The monoisotopic (exact) mass is 241 g/mol. The molecule has 3 aromatic heterocycles. The molecule has 0 aromatic carbocycles. The number of pyridine rings is 1. The second-order valence-corrected chi connectivity index (χ2v) is 3.74. The fourth-order valence-electron chi connectivity index (χ4n) is 1.64. The number of aromatic nitrogens is 3. The lowest BCUT2D eigenvalue weighted by Gasteiger charge is -2.05. The number of nitrogens with two attached hydrogens (primary N) is 1. The molecule has 0 atom stereocenters. The van der Waals surface area contributed by atoms with Crippen molar-refractivity contribution in [2.75, 3.05) is 11.1 Å². The van der Waals surface area contributed by atoms with Gasteiger partial charge in [0.25, 0.3) is 0 Å². The smallest absolute Gasteiger partial charge is 0.227 e. The molecule has 0 fully saturated rings. The third-order valence-electron chi connectivity index (χ3n) is 2.50. The van der Waals surface area contributed by atoms with E-state index in [9.17, 15) is 0 Å². The lowest BCUT2D eigenvalue weighted by Crippen LogP contribution is -2.05. The molecule has 0 saturated carbocycles. The van der Waals surface area contributed by atoms with E-state index in [0.717, 1.165) is 11.1 Å². The highest BCUT2D eigenvalue weighted by molar-refractivity contribution is 5.85. The quantitative estimate of drug-likeness (QED) is 0.726. The lowest BCUT2D eigenvalue weighted by molar-refractivity contribution is 0.517. The van der Waals surface area contributed by atoms with Gasteiger partial charge in [-0.25, -0.2) is 4.98 Å². The summed E-state index contributed by atoms with van der Waals surface area (Å²) in [6.07, 6.45) is 3.29. The van der Waals surface area contributed by atoms with Crippen molar-refractivity contribution < 1.29 is 4.42 Å². The molecule has 3 rings (SSSR count). The summed E-state index contributed by atoms with van der Waals surface area (Å²) in [5, 5.41) is 3.80. The predicted molar refractivity (Wildman–Crippen MR) is 67.8 cm³/mol. The first-order valence-corrected chi connectivity index (χ1v) is 5.47. The second-order valence-electron chi connectivity index (χ2n) is 3.74. The maximum atomic E-state index is 5.85. The Kier molecular flexibility index (Phi) is 2.53. The van der Waals surface area contributed by atoms with Gasteiger partial charge in [-0.2, -0.15) is 9.97 Å². The molecule has 6 nitrogen and oxygen atoms in total. The average Bonchev–Trinajstić information content (AvgIpc) is 2.90. The number of nitrogen functional groups attached to an aromatic ring is 1. The standard InChI is InChI=1S/C12H11N5O/c13-10-9-4-1-5-14-11(9)17-12(16-10)15-7-8-3-2-6-18-8/h1-6H,7H2,(H3,13,14,15,16,17). The van der Waals surface area contributed by atoms with E-state index in [1.807, 2.05) is 18.2 Å². The van der Waals surface area contributed by atoms with Crippen LogP contribution < -0.4 is 11.1 Å². The zero-order valence-corrected chi connectivity index (χ0v) is 9.50. The third-order valence-corrected chi connectivity index (χ3v) is 2.50. The number of hydrogen-bond acceptors (Lipinski definition) is 6. The van der Waals surface area contributed by atoms with Crippen LogP contribution >= 0.6 is 0 Å². The number of furan rings is 1. The van der Waals surface area contributed by atoms with Gasteiger partial charge in [0.1, 0.15) is 11.6 Å². The predicted octanol–water partition coefficient (Wildman–Crippen LogP) is 1.81. The van der Waals surface area contributed by atoms with E-state index < -0.39 is 0 Å². The normalized spacial score (nSPS) is 10.7. The molecule has 3 aromatic rings. The van der Waals surface area contributed by atoms with Crippen LogP contribution in [0.25, 0.3) is 11.0 Å². The first-order valence-electron chi connectivity index (χ1n) is 5.47. The van der Waals surface area contributed by atoms with E-state index in [1.165, 1.54) is 0 Å². The number of anilines is 2. The molecule has 18 heavy (non-hydrogen) atoms. The van der Waals surface area contributed by atoms with Gasteiger partial charge in [-0.3, -0.25) is 0 Å². The van der Waals surface area contributed by atoms with Gasteiger partial charge in [-0.05, 0) is 24.3 Å². The van der Waals surface area contributed by atoms with Gasteiger partial charge in [0, 0.05) is 6.20 Å².